The number of furan rings is 1. The molecule has 104 valence electrons. The summed E-state index contributed by atoms with van der Waals surface area (Å²) in [5.41, 5.74) is 0.275. The number of carbonyl (C=O) groups is 1. The Hall–Kier alpha value is -2.54. The number of nitro benzene ring substituents is 1. The van der Waals surface area contributed by atoms with E-state index in [1.54, 1.807) is 6.07 Å². The van der Waals surface area contributed by atoms with Gasteiger partial charge in [-0.25, -0.2) is 4.79 Å². The van der Waals surface area contributed by atoms with Crippen molar-refractivity contribution in [3.8, 4) is 0 Å². The van der Waals surface area contributed by atoms with Crippen molar-refractivity contribution in [3.63, 3.8) is 0 Å². The van der Waals surface area contributed by atoms with Gasteiger partial charge in [0.1, 0.15) is 10.8 Å². The van der Waals surface area contributed by atoms with Crippen LogP contribution in [-0.4, -0.2) is 16.0 Å². The molecule has 0 spiro atoms. The maximum Gasteiger partial charge on any atom is 0.371 e. The molecule has 2 aromatic rings. The number of benzene rings is 1. The van der Waals surface area contributed by atoms with Crippen molar-refractivity contribution >= 4 is 28.9 Å². The van der Waals surface area contributed by atoms with Gasteiger partial charge in [-0.05, 0) is 24.3 Å². The van der Waals surface area contributed by atoms with Crippen molar-refractivity contribution in [1.29, 1.82) is 0 Å². The van der Waals surface area contributed by atoms with Crippen molar-refractivity contribution < 1.29 is 19.2 Å². The summed E-state index contributed by atoms with van der Waals surface area (Å²) in [7, 11) is 0. The molecule has 0 aliphatic rings. The first-order valence-electron chi connectivity index (χ1n) is 5.47. The summed E-state index contributed by atoms with van der Waals surface area (Å²) in [6, 6.07) is 7.14. The maximum absolute atomic E-state index is 10.7. The minimum absolute atomic E-state index is 0.0479. The van der Waals surface area contributed by atoms with Crippen molar-refractivity contribution in [2.24, 2.45) is 0 Å². The highest BCUT2D eigenvalue weighted by molar-refractivity contribution is 6.32. The normalized spacial score (nSPS) is 10.2. The molecule has 0 saturated carbocycles. The van der Waals surface area contributed by atoms with Crippen LogP contribution in [0.15, 0.2) is 34.7 Å². The van der Waals surface area contributed by atoms with Gasteiger partial charge in [0, 0.05) is 11.8 Å². The van der Waals surface area contributed by atoms with E-state index >= 15 is 0 Å². The quantitative estimate of drug-likeness (QED) is 0.648. The number of rotatable bonds is 5. The van der Waals surface area contributed by atoms with Crippen LogP contribution in [0.2, 0.25) is 5.02 Å². The third-order valence-corrected chi connectivity index (χ3v) is 2.80. The molecule has 0 aliphatic heterocycles. The maximum atomic E-state index is 10.7. The Bertz CT molecular complexity index is 668. The van der Waals surface area contributed by atoms with Crippen molar-refractivity contribution in [2.75, 3.05) is 5.32 Å². The van der Waals surface area contributed by atoms with Gasteiger partial charge in [0.25, 0.3) is 5.69 Å². The molecule has 8 heteroatoms. The van der Waals surface area contributed by atoms with E-state index in [0.29, 0.717) is 11.4 Å². The summed E-state index contributed by atoms with van der Waals surface area (Å²) in [5.74, 6) is -0.915. The summed E-state index contributed by atoms with van der Waals surface area (Å²) in [6.07, 6.45) is 0. The van der Waals surface area contributed by atoms with Gasteiger partial charge < -0.3 is 14.8 Å². The average molecular weight is 297 g/mol. The predicted molar refractivity (Wildman–Crippen MR) is 71.1 cm³/mol. The van der Waals surface area contributed by atoms with E-state index in [1.165, 1.54) is 24.3 Å². The van der Waals surface area contributed by atoms with Crippen molar-refractivity contribution in [3.05, 3.63) is 57.0 Å². The van der Waals surface area contributed by atoms with E-state index in [1.807, 2.05) is 0 Å². The number of aromatic carboxylic acids is 1. The number of hydrogen-bond donors (Lipinski definition) is 2. The molecule has 1 aromatic heterocycles. The molecule has 7 nitrogen and oxygen atoms in total. The van der Waals surface area contributed by atoms with Crippen molar-refractivity contribution in [1.82, 2.24) is 0 Å². The van der Waals surface area contributed by atoms with Gasteiger partial charge in [0.15, 0.2) is 0 Å². The van der Waals surface area contributed by atoms with Gasteiger partial charge in [-0.1, -0.05) is 11.6 Å². The number of nitrogens with zero attached hydrogens (tertiary/aromatic N) is 1. The first kappa shape index (κ1) is 13.9. The molecule has 0 atom stereocenters. The van der Waals surface area contributed by atoms with Crippen LogP contribution in [0.5, 0.6) is 0 Å². The monoisotopic (exact) mass is 296 g/mol. The third kappa shape index (κ3) is 3.07. The third-order valence-electron chi connectivity index (χ3n) is 2.48. The number of nitro groups is 1. The molecule has 1 aromatic carbocycles. The minimum atomic E-state index is -1.15. The predicted octanol–water partition coefficient (Wildman–Crippen LogP) is 3.15. The Labute approximate surface area is 117 Å². The zero-order chi connectivity index (χ0) is 14.7. The van der Waals surface area contributed by atoms with E-state index in [0.717, 1.165) is 0 Å². The standard InChI is InChI=1S/C12H9ClN2O5/c13-9-3-1-7(5-10(9)15(18)19)14-6-8-2-4-11(20-8)12(16)17/h1-5,14H,6H2,(H,16,17). The molecule has 2 N–H and O–H groups in total. The van der Waals surface area contributed by atoms with Crippen LogP contribution in [0.1, 0.15) is 16.3 Å². The number of carboxylic acids is 1. The van der Waals surface area contributed by atoms with E-state index in [9.17, 15) is 14.9 Å². The number of halogens is 1. The van der Waals surface area contributed by atoms with Gasteiger partial charge >= 0.3 is 5.97 Å². The molecule has 1 heterocycles. The Morgan fingerprint density at radius 1 is 1.40 bits per heavy atom. The van der Waals surface area contributed by atoms with Gasteiger partial charge in [-0.15, -0.1) is 0 Å². The van der Waals surface area contributed by atoms with Crippen LogP contribution in [0.25, 0.3) is 0 Å². The topological polar surface area (TPSA) is 106 Å². The first-order valence-corrected chi connectivity index (χ1v) is 5.85. The molecule has 20 heavy (non-hydrogen) atoms. The molecule has 0 saturated heterocycles. The summed E-state index contributed by atoms with van der Waals surface area (Å²) < 4.78 is 5.05. The van der Waals surface area contributed by atoms with E-state index in [4.69, 9.17) is 21.1 Å². The Morgan fingerprint density at radius 3 is 2.75 bits per heavy atom. The highest BCUT2D eigenvalue weighted by Gasteiger charge is 2.13. The minimum Gasteiger partial charge on any atom is -0.475 e. The lowest BCUT2D eigenvalue weighted by Crippen LogP contribution is -1.99. The lowest BCUT2D eigenvalue weighted by atomic mass is 10.2. The first-order chi connectivity index (χ1) is 9.47. The average Bonchev–Trinajstić information content (AvgIpc) is 2.86. The summed E-state index contributed by atoms with van der Waals surface area (Å²) in [6.45, 7) is 0.200. The second-order valence-corrected chi connectivity index (χ2v) is 4.26. The number of hydrogen-bond acceptors (Lipinski definition) is 5. The zero-order valence-corrected chi connectivity index (χ0v) is 10.8. The smallest absolute Gasteiger partial charge is 0.371 e. The van der Waals surface area contributed by atoms with Crippen LogP contribution < -0.4 is 5.32 Å². The second-order valence-electron chi connectivity index (χ2n) is 3.85. The van der Waals surface area contributed by atoms with Crippen LogP contribution in [-0.2, 0) is 6.54 Å². The SMILES string of the molecule is O=C(O)c1ccc(CNc2ccc(Cl)c([N+](=O)[O-])c2)o1. The fourth-order valence-corrected chi connectivity index (χ4v) is 1.73. The summed E-state index contributed by atoms with van der Waals surface area (Å²) >= 11 is 5.69. The molecule has 0 amide bonds. The second kappa shape index (κ2) is 5.62. The van der Waals surface area contributed by atoms with Crippen LogP contribution in [0.3, 0.4) is 0 Å². The Kier molecular flexibility index (Phi) is 3.90. The highest BCUT2D eigenvalue weighted by atomic mass is 35.5. The Morgan fingerprint density at radius 2 is 2.15 bits per heavy atom. The van der Waals surface area contributed by atoms with E-state index in [-0.39, 0.29) is 23.0 Å². The van der Waals surface area contributed by atoms with E-state index < -0.39 is 10.9 Å². The summed E-state index contributed by atoms with van der Waals surface area (Å²) in [5, 5.41) is 22.4. The van der Waals surface area contributed by atoms with Crippen LogP contribution in [0.4, 0.5) is 11.4 Å². The lowest BCUT2D eigenvalue weighted by Gasteiger charge is -2.04. The molecular formula is C12H9ClN2O5. The largest absolute Gasteiger partial charge is 0.475 e. The van der Waals surface area contributed by atoms with Gasteiger partial charge in [-0.3, -0.25) is 10.1 Å². The van der Waals surface area contributed by atoms with Crippen LogP contribution in [0, 0.1) is 10.1 Å². The fourth-order valence-electron chi connectivity index (χ4n) is 1.54. The van der Waals surface area contributed by atoms with Crippen molar-refractivity contribution in [2.45, 2.75) is 6.54 Å². The molecule has 0 aliphatic carbocycles. The van der Waals surface area contributed by atoms with E-state index in [2.05, 4.69) is 5.32 Å². The zero-order valence-electron chi connectivity index (χ0n) is 10.00. The van der Waals surface area contributed by atoms with Crippen LogP contribution >= 0.6 is 11.6 Å². The van der Waals surface area contributed by atoms with Gasteiger partial charge in [-0.2, -0.15) is 0 Å². The van der Waals surface area contributed by atoms with Gasteiger partial charge in [0.05, 0.1) is 11.5 Å². The molecule has 0 radical (unpaired) electrons. The lowest BCUT2D eigenvalue weighted by molar-refractivity contribution is -0.384. The molecule has 2 rings (SSSR count). The molecule has 0 fully saturated rings. The molecule has 0 bridgehead atoms. The molecular weight excluding hydrogens is 288 g/mol. The van der Waals surface area contributed by atoms with Gasteiger partial charge in [0.2, 0.25) is 5.76 Å². The molecule has 0 unspecified atom stereocenters. The fraction of sp³-hybridized carbons (Fsp3) is 0.0833. The summed E-state index contributed by atoms with van der Waals surface area (Å²) in [4.78, 5) is 20.8. The number of carboxylic acid groups (broad SMARTS) is 1. The number of anilines is 1. The highest BCUT2D eigenvalue weighted by Crippen LogP contribution is 2.27. The Balaban J connectivity index is 2.08. The number of nitrogens with one attached hydrogen (secondary N) is 1.